The minimum absolute atomic E-state index is 0.0839. The largest absolute Gasteiger partial charge is 0.491 e. The molecule has 2 amide bonds. The van der Waals surface area contributed by atoms with Gasteiger partial charge < -0.3 is 20.1 Å². The summed E-state index contributed by atoms with van der Waals surface area (Å²) in [6.45, 7) is 6.23. The van der Waals surface area contributed by atoms with Gasteiger partial charge in [0.1, 0.15) is 5.75 Å². The van der Waals surface area contributed by atoms with Crippen molar-refractivity contribution in [1.29, 1.82) is 0 Å². The molecule has 1 saturated carbocycles. The molecule has 1 aliphatic rings. The van der Waals surface area contributed by atoms with E-state index < -0.39 is 0 Å². The Balaban J connectivity index is 1.93. The molecule has 2 N–H and O–H groups in total. The summed E-state index contributed by atoms with van der Waals surface area (Å²) in [5.74, 6) is 1.24. The van der Waals surface area contributed by atoms with Crippen LogP contribution in [0.15, 0.2) is 18.2 Å². The number of nitrogens with one attached hydrogen (secondary N) is 1. The standard InChI is InChI=1S/C19H30N2O3/c1-13(2)24-18-10-7-16(11-14(18)3)20-19(23)21(4)17-8-5-15(12-22)6-9-17/h7,10-11,13,15,17,22H,5-6,8-9,12H2,1-4H3,(H,20,23). The van der Waals surface area contributed by atoms with E-state index in [9.17, 15) is 9.90 Å². The summed E-state index contributed by atoms with van der Waals surface area (Å²) in [4.78, 5) is 14.3. The maximum absolute atomic E-state index is 12.5. The number of urea groups is 1. The van der Waals surface area contributed by atoms with Crippen LogP contribution < -0.4 is 10.1 Å². The quantitative estimate of drug-likeness (QED) is 0.861. The number of carbonyl (C=O) groups excluding carboxylic acids is 1. The van der Waals surface area contributed by atoms with E-state index in [4.69, 9.17) is 4.74 Å². The van der Waals surface area contributed by atoms with Crippen LogP contribution >= 0.6 is 0 Å². The lowest BCUT2D eigenvalue weighted by molar-refractivity contribution is 0.139. The van der Waals surface area contributed by atoms with Gasteiger partial charge in [-0.2, -0.15) is 0 Å². The molecular formula is C19H30N2O3. The van der Waals surface area contributed by atoms with E-state index in [1.807, 2.05) is 46.0 Å². The SMILES string of the molecule is Cc1cc(NC(=O)N(C)C2CCC(CO)CC2)ccc1OC(C)C. The number of amides is 2. The highest BCUT2D eigenvalue weighted by molar-refractivity contribution is 5.89. The first-order valence-corrected chi connectivity index (χ1v) is 8.82. The highest BCUT2D eigenvalue weighted by atomic mass is 16.5. The zero-order chi connectivity index (χ0) is 17.7. The van der Waals surface area contributed by atoms with Crippen LogP contribution in [-0.2, 0) is 0 Å². The molecule has 2 rings (SSSR count). The van der Waals surface area contributed by atoms with Gasteiger partial charge in [-0.1, -0.05) is 0 Å². The first-order chi connectivity index (χ1) is 11.4. The number of rotatable bonds is 5. The number of aryl methyl sites for hydroxylation is 1. The second-order valence-corrected chi connectivity index (χ2v) is 7.05. The first kappa shape index (κ1) is 18.6. The van der Waals surface area contributed by atoms with Crippen molar-refractivity contribution in [3.05, 3.63) is 23.8 Å². The van der Waals surface area contributed by atoms with Crippen molar-refractivity contribution < 1.29 is 14.6 Å². The van der Waals surface area contributed by atoms with E-state index in [1.165, 1.54) is 0 Å². The van der Waals surface area contributed by atoms with Crippen molar-refractivity contribution in [3.8, 4) is 5.75 Å². The molecule has 0 aromatic heterocycles. The summed E-state index contributed by atoms with van der Waals surface area (Å²) in [5, 5.41) is 12.2. The zero-order valence-corrected chi connectivity index (χ0v) is 15.2. The second-order valence-electron chi connectivity index (χ2n) is 7.05. The van der Waals surface area contributed by atoms with Gasteiger partial charge in [-0.25, -0.2) is 4.79 Å². The third-order valence-corrected chi connectivity index (χ3v) is 4.73. The van der Waals surface area contributed by atoms with E-state index >= 15 is 0 Å². The Morgan fingerprint density at radius 3 is 2.54 bits per heavy atom. The van der Waals surface area contributed by atoms with Crippen LogP contribution in [0, 0.1) is 12.8 Å². The van der Waals surface area contributed by atoms with Gasteiger partial charge in [0.05, 0.1) is 6.10 Å². The summed E-state index contributed by atoms with van der Waals surface area (Å²) in [7, 11) is 1.85. The molecule has 0 unspecified atom stereocenters. The molecule has 134 valence electrons. The number of anilines is 1. The molecule has 1 aromatic carbocycles. The van der Waals surface area contributed by atoms with Gasteiger partial charge in [0.15, 0.2) is 0 Å². The highest BCUT2D eigenvalue weighted by Crippen LogP contribution is 2.27. The molecule has 0 heterocycles. The van der Waals surface area contributed by atoms with E-state index in [0.29, 0.717) is 5.92 Å². The van der Waals surface area contributed by atoms with Crippen molar-refractivity contribution in [3.63, 3.8) is 0 Å². The van der Waals surface area contributed by atoms with Gasteiger partial charge in [0.25, 0.3) is 0 Å². The predicted octanol–water partition coefficient (Wildman–Crippen LogP) is 3.80. The van der Waals surface area contributed by atoms with Crippen LogP contribution in [-0.4, -0.2) is 41.8 Å². The lowest BCUT2D eigenvalue weighted by Crippen LogP contribution is -2.42. The molecular weight excluding hydrogens is 304 g/mol. The summed E-state index contributed by atoms with van der Waals surface area (Å²) < 4.78 is 5.72. The number of hydrogen-bond acceptors (Lipinski definition) is 3. The van der Waals surface area contributed by atoms with Gasteiger partial charge in [0, 0.05) is 25.4 Å². The summed E-state index contributed by atoms with van der Waals surface area (Å²) in [6.07, 6.45) is 4.01. The van der Waals surface area contributed by atoms with Gasteiger partial charge in [-0.15, -0.1) is 0 Å². The Morgan fingerprint density at radius 2 is 2.00 bits per heavy atom. The fraction of sp³-hybridized carbons (Fsp3) is 0.632. The van der Waals surface area contributed by atoms with E-state index in [0.717, 1.165) is 42.7 Å². The van der Waals surface area contributed by atoms with Crippen molar-refractivity contribution in [1.82, 2.24) is 4.90 Å². The second kappa shape index (κ2) is 8.38. The van der Waals surface area contributed by atoms with Crippen LogP contribution in [0.5, 0.6) is 5.75 Å². The third kappa shape index (κ3) is 4.87. The number of nitrogens with zero attached hydrogens (tertiary/aromatic N) is 1. The first-order valence-electron chi connectivity index (χ1n) is 8.82. The fourth-order valence-electron chi connectivity index (χ4n) is 3.21. The predicted molar refractivity (Wildman–Crippen MR) is 96.6 cm³/mol. The van der Waals surface area contributed by atoms with Crippen LogP contribution in [0.3, 0.4) is 0 Å². The number of benzene rings is 1. The Hall–Kier alpha value is -1.75. The van der Waals surface area contributed by atoms with E-state index in [1.54, 1.807) is 4.90 Å². The third-order valence-electron chi connectivity index (χ3n) is 4.73. The molecule has 24 heavy (non-hydrogen) atoms. The van der Waals surface area contributed by atoms with Crippen molar-refractivity contribution in [2.24, 2.45) is 5.92 Å². The summed E-state index contributed by atoms with van der Waals surface area (Å²) in [6, 6.07) is 5.87. The minimum Gasteiger partial charge on any atom is -0.491 e. The molecule has 0 aliphatic heterocycles. The van der Waals surface area contributed by atoms with Crippen LogP contribution in [0.25, 0.3) is 0 Å². The Bertz CT molecular complexity index is 552. The van der Waals surface area contributed by atoms with Crippen LogP contribution in [0.2, 0.25) is 0 Å². The smallest absolute Gasteiger partial charge is 0.321 e. The molecule has 0 saturated heterocycles. The number of carbonyl (C=O) groups is 1. The molecule has 1 aromatic rings. The Morgan fingerprint density at radius 1 is 1.33 bits per heavy atom. The molecule has 0 atom stereocenters. The molecule has 0 radical (unpaired) electrons. The molecule has 5 nitrogen and oxygen atoms in total. The van der Waals surface area contributed by atoms with Crippen LogP contribution in [0.4, 0.5) is 10.5 Å². The Kier molecular flexibility index (Phi) is 6.49. The normalized spacial score (nSPS) is 20.8. The molecule has 0 bridgehead atoms. The van der Waals surface area contributed by atoms with Crippen molar-refractivity contribution in [2.45, 2.75) is 58.6 Å². The zero-order valence-electron chi connectivity index (χ0n) is 15.2. The number of aliphatic hydroxyl groups is 1. The van der Waals surface area contributed by atoms with E-state index in [-0.39, 0.29) is 24.8 Å². The van der Waals surface area contributed by atoms with Crippen molar-refractivity contribution in [2.75, 3.05) is 19.0 Å². The maximum Gasteiger partial charge on any atom is 0.321 e. The lowest BCUT2D eigenvalue weighted by Gasteiger charge is -2.34. The van der Waals surface area contributed by atoms with E-state index in [2.05, 4.69) is 5.32 Å². The fourth-order valence-corrected chi connectivity index (χ4v) is 3.21. The highest BCUT2D eigenvalue weighted by Gasteiger charge is 2.26. The average molecular weight is 334 g/mol. The average Bonchev–Trinajstić information content (AvgIpc) is 2.56. The summed E-state index contributed by atoms with van der Waals surface area (Å²) >= 11 is 0. The lowest BCUT2D eigenvalue weighted by atomic mass is 9.86. The molecule has 0 spiro atoms. The maximum atomic E-state index is 12.5. The van der Waals surface area contributed by atoms with Crippen molar-refractivity contribution >= 4 is 11.7 Å². The van der Waals surface area contributed by atoms with Gasteiger partial charge in [0.2, 0.25) is 0 Å². The molecule has 5 heteroatoms. The van der Waals surface area contributed by atoms with Gasteiger partial charge in [-0.05, 0) is 76.1 Å². The Labute approximate surface area is 145 Å². The number of aliphatic hydroxyl groups excluding tert-OH is 1. The summed E-state index contributed by atoms with van der Waals surface area (Å²) in [5.41, 5.74) is 1.79. The van der Waals surface area contributed by atoms with Gasteiger partial charge >= 0.3 is 6.03 Å². The topological polar surface area (TPSA) is 61.8 Å². The van der Waals surface area contributed by atoms with Crippen LogP contribution in [0.1, 0.15) is 45.1 Å². The number of hydrogen-bond donors (Lipinski definition) is 2. The minimum atomic E-state index is -0.0839. The molecule has 1 aliphatic carbocycles. The number of ether oxygens (including phenoxy) is 1. The van der Waals surface area contributed by atoms with Gasteiger partial charge in [-0.3, -0.25) is 0 Å². The monoisotopic (exact) mass is 334 g/mol. The molecule has 1 fully saturated rings.